The molecule has 0 heterocycles. The van der Waals surface area contributed by atoms with Crippen LogP contribution in [0.1, 0.15) is 12.0 Å². The minimum absolute atomic E-state index is 0.0264. The Morgan fingerprint density at radius 3 is 2.81 bits per heavy atom. The molecule has 0 unspecified atom stereocenters. The van der Waals surface area contributed by atoms with E-state index in [1.165, 1.54) is 0 Å². The van der Waals surface area contributed by atoms with Gasteiger partial charge in [-0.2, -0.15) is 0 Å². The number of carboxylic acid groups (broad SMARTS) is 1. The summed E-state index contributed by atoms with van der Waals surface area (Å²) in [5.74, 6) is -0.277. The SMILES string of the molecule is O=C(O)Cc1ccc(OCCCBr)c(Cl)c1. The smallest absolute Gasteiger partial charge is 0.307 e. The number of hydrogen-bond donors (Lipinski definition) is 1. The standard InChI is InChI=1S/C11H12BrClO3/c12-4-1-5-16-10-3-2-8(6-9(10)13)7-11(14)15/h2-3,6H,1,4-5,7H2,(H,14,15). The van der Waals surface area contributed by atoms with E-state index in [1.807, 2.05) is 0 Å². The molecule has 0 spiro atoms. The highest BCUT2D eigenvalue weighted by Crippen LogP contribution is 2.25. The third kappa shape index (κ3) is 4.41. The quantitative estimate of drug-likeness (QED) is 0.649. The van der Waals surface area contributed by atoms with Crippen LogP contribution >= 0.6 is 27.5 Å². The Kier molecular flexibility index (Phi) is 5.63. The highest BCUT2D eigenvalue weighted by atomic mass is 79.9. The Morgan fingerprint density at radius 2 is 2.25 bits per heavy atom. The molecule has 88 valence electrons. The van der Waals surface area contributed by atoms with Gasteiger partial charge in [0.25, 0.3) is 0 Å². The van der Waals surface area contributed by atoms with Crippen LogP contribution in [0.15, 0.2) is 18.2 Å². The number of ether oxygens (including phenoxy) is 1. The third-order valence-corrected chi connectivity index (χ3v) is 2.74. The molecule has 0 atom stereocenters. The molecule has 3 nitrogen and oxygen atoms in total. The van der Waals surface area contributed by atoms with Gasteiger partial charge in [0.05, 0.1) is 18.1 Å². The average Bonchev–Trinajstić information content (AvgIpc) is 2.20. The van der Waals surface area contributed by atoms with Gasteiger partial charge in [-0.05, 0) is 24.1 Å². The van der Waals surface area contributed by atoms with Gasteiger partial charge in [-0.25, -0.2) is 0 Å². The molecule has 0 aliphatic carbocycles. The molecule has 1 aromatic carbocycles. The molecule has 0 saturated carbocycles. The van der Waals surface area contributed by atoms with Crippen molar-refractivity contribution in [1.82, 2.24) is 0 Å². The Morgan fingerprint density at radius 1 is 1.50 bits per heavy atom. The molecule has 0 saturated heterocycles. The molecular formula is C11H12BrClO3. The maximum Gasteiger partial charge on any atom is 0.307 e. The molecule has 0 fully saturated rings. The third-order valence-electron chi connectivity index (χ3n) is 1.89. The number of carbonyl (C=O) groups is 1. The maximum atomic E-state index is 10.5. The fraction of sp³-hybridized carbons (Fsp3) is 0.364. The lowest BCUT2D eigenvalue weighted by Crippen LogP contribution is -2.01. The predicted molar refractivity (Wildman–Crippen MR) is 66.7 cm³/mol. The molecule has 5 heteroatoms. The molecular weight excluding hydrogens is 295 g/mol. The molecule has 0 bridgehead atoms. The van der Waals surface area contributed by atoms with Crippen LogP contribution in [0.3, 0.4) is 0 Å². The summed E-state index contributed by atoms with van der Waals surface area (Å²) in [4.78, 5) is 10.5. The normalized spacial score (nSPS) is 10.1. The topological polar surface area (TPSA) is 46.5 Å². The second-order valence-corrected chi connectivity index (χ2v) is 4.43. The van der Waals surface area contributed by atoms with Gasteiger partial charge in [-0.15, -0.1) is 0 Å². The van der Waals surface area contributed by atoms with Crippen molar-refractivity contribution in [3.05, 3.63) is 28.8 Å². The van der Waals surface area contributed by atoms with Crippen LogP contribution < -0.4 is 4.74 Å². The number of rotatable bonds is 6. The fourth-order valence-electron chi connectivity index (χ4n) is 1.18. The summed E-state index contributed by atoms with van der Waals surface area (Å²) >= 11 is 9.26. The van der Waals surface area contributed by atoms with Crippen LogP contribution in [0.25, 0.3) is 0 Å². The fourth-order valence-corrected chi connectivity index (χ4v) is 1.67. The van der Waals surface area contributed by atoms with Gasteiger partial charge in [0.1, 0.15) is 5.75 Å². The van der Waals surface area contributed by atoms with Crippen LogP contribution in [0.2, 0.25) is 5.02 Å². The second-order valence-electron chi connectivity index (χ2n) is 3.23. The van der Waals surface area contributed by atoms with Crippen LogP contribution in [0.4, 0.5) is 0 Å². The Balaban J connectivity index is 2.64. The largest absolute Gasteiger partial charge is 0.492 e. The van der Waals surface area contributed by atoms with Crippen molar-refractivity contribution in [3.63, 3.8) is 0 Å². The first-order valence-electron chi connectivity index (χ1n) is 4.82. The lowest BCUT2D eigenvalue weighted by Gasteiger charge is -2.08. The van der Waals surface area contributed by atoms with Gasteiger partial charge in [0.2, 0.25) is 0 Å². The minimum Gasteiger partial charge on any atom is -0.492 e. The van der Waals surface area contributed by atoms with Gasteiger partial charge < -0.3 is 9.84 Å². The van der Waals surface area contributed by atoms with E-state index in [4.69, 9.17) is 21.4 Å². The summed E-state index contributed by atoms with van der Waals surface area (Å²) in [6, 6.07) is 5.04. The van der Waals surface area contributed by atoms with Crippen molar-refractivity contribution in [2.24, 2.45) is 0 Å². The highest BCUT2D eigenvalue weighted by molar-refractivity contribution is 9.09. The van der Waals surface area contributed by atoms with Gasteiger partial charge in [0.15, 0.2) is 0 Å². The summed E-state index contributed by atoms with van der Waals surface area (Å²) in [6.07, 6.45) is 0.870. The van der Waals surface area contributed by atoms with Crippen molar-refractivity contribution in [1.29, 1.82) is 0 Å². The van der Waals surface area contributed by atoms with E-state index in [0.29, 0.717) is 22.9 Å². The van der Waals surface area contributed by atoms with Crippen molar-refractivity contribution in [3.8, 4) is 5.75 Å². The van der Waals surface area contributed by atoms with E-state index in [-0.39, 0.29) is 6.42 Å². The van der Waals surface area contributed by atoms with E-state index in [1.54, 1.807) is 18.2 Å². The molecule has 16 heavy (non-hydrogen) atoms. The summed E-state index contributed by atoms with van der Waals surface area (Å²) in [7, 11) is 0. The van der Waals surface area contributed by atoms with E-state index in [0.717, 1.165) is 11.8 Å². The summed E-state index contributed by atoms with van der Waals surface area (Å²) in [5.41, 5.74) is 0.672. The number of hydrogen-bond acceptors (Lipinski definition) is 2. The molecule has 0 aliphatic rings. The molecule has 0 amide bonds. The summed E-state index contributed by atoms with van der Waals surface area (Å²) in [5, 5.41) is 9.95. The van der Waals surface area contributed by atoms with E-state index >= 15 is 0 Å². The van der Waals surface area contributed by atoms with Gasteiger partial charge in [-0.3, -0.25) is 4.79 Å². The van der Waals surface area contributed by atoms with Gasteiger partial charge >= 0.3 is 5.97 Å². The number of alkyl halides is 1. The second kappa shape index (κ2) is 6.76. The maximum absolute atomic E-state index is 10.5. The van der Waals surface area contributed by atoms with Crippen molar-refractivity contribution in [2.75, 3.05) is 11.9 Å². The lowest BCUT2D eigenvalue weighted by atomic mass is 10.1. The molecule has 1 N–H and O–H groups in total. The Hall–Kier alpha value is -0.740. The number of benzene rings is 1. The van der Waals surface area contributed by atoms with Crippen molar-refractivity contribution < 1.29 is 14.6 Å². The number of carboxylic acids is 1. The first kappa shape index (κ1) is 13.3. The summed E-state index contributed by atoms with van der Waals surface area (Å²) in [6.45, 7) is 0.587. The molecule has 0 aliphatic heterocycles. The van der Waals surface area contributed by atoms with E-state index in [9.17, 15) is 4.79 Å². The number of aliphatic carboxylic acids is 1. The van der Waals surface area contributed by atoms with Crippen molar-refractivity contribution >= 4 is 33.5 Å². The zero-order valence-electron chi connectivity index (χ0n) is 8.58. The number of halogens is 2. The first-order chi connectivity index (χ1) is 7.63. The van der Waals surface area contributed by atoms with Crippen LogP contribution in [-0.4, -0.2) is 23.0 Å². The zero-order valence-corrected chi connectivity index (χ0v) is 10.9. The highest BCUT2D eigenvalue weighted by Gasteiger charge is 2.05. The van der Waals surface area contributed by atoms with Gasteiger partial charge in [0, 0.05) is 5.33 Å². The first-order valence-corrected chi connectivity index (χ1v) is 6.32. The Bertz CT molecular complexity index is 368. The predicted octanol–water partition coefficient (Wildman–Crippen LogP) is 3.13. The average molecular weight is 308 g/mol. The molecule has 1 aromatic rings. The van der Waals surface area contributed by atoms with Gasteiger partial charge in [-0.1, -0.05) is 33.6 Å². The zero-order chi connectivity index (χ0) is 12.0. The van der Waals surface area contributed by atoms with E-state index < -0.39 is 5.97 Å². The molecule has 1 rings (SSSR count). The molecule has 0 aromatic heterocycles. The van der Waals surface area contributed by atoms with Crippen LogP contribution in [-0.2, 0) is 11.2 Å². The summed E-state index contributed by atoms with van der Waals surface area (Å²) < 4.78 is 5.43. The lowest BCUT2D eigenvalue weighted by molar-refractivity contribution is -0.136. The van der Waals surface area contributed by atoms with E-state index in [2.05, 4.69) is 15.9 Å². The van der Waals surface area contributed by atoms with Crippen LogP contribution in [0.5, 0.6) is 5.75 Å². The minimum atomic E-state index is -0.871. The van der Waals surface area contributed by atoms with Crippen molar-refractivity contribution in [2.45, 2.75) is 12.8 Å². The van der Waals surface area contributed by atoms with Crippen LogP contribution in [0, 0.1) is 0 Å². The monoisotopic (exact) mass is 306 g/mol. The molecule has 0 radical (unpaired) electrons. The Labute approximate surface area is 107 Å².